The van der Waals surface area contributed by atoms with Crippen molar-refractivity contribution in [2.24, 2.45) is 0 Å². The molecule has 0 saturated carbocycles. The van der Waals surface area contributed by atoms with Crippen molar-refractivity contribution in [2.75, 3.05) is 105 Å². The van der Waals surface area contributed by atoms with Crippen LogP contribution in [0.5, 0.6) is 0 Å². The average Bonchev–Trinajstić information content (AvgIpc) is 2.70. The Kier molecular flexibility index (Phi) is 13.0. The predicted octanol–water partition coefficient (Wildman–Crippen LogP) is -10.5. The summed E-state index contributed by atoms with van der Waals surface area (Å²) in [4.78, 5) is 0. The van der Waals surface area contributed by atoms with Gasteiger partial charge in [-0.15, -0.1) is 0 Å². The van der Waals surface area contributed by atoms with Gasteiger partial charge in [-0.05, 0) is 33.1 Å². The van der Waals surface area contributed by atoms with Gasteiger partial charge < -0.3 is 85.9 Å². The summed E-state index contributed by atoms with van der Waals surface area (Å²) in [5.74, 6) is 0. The van der Waals surface area contributed by atoms with Crippen molar-refractivity contribution in [1.82, 2.24) is 0 Å². The molecule has 0 unspecified atom stereocenters. The monoisotopic (exact) mass is 668 g/mol. The SMILES string of the molecule is CC[N+]12CC[N+](CCCCC[N+]34CC[N+](CC)(CC3)CC4)(CC1)CC2.[Br-].[Br-].[Br-].[Br-]. The minimum atomic E-state index is 0. The zero-order valence-electron chi connectivity index (χ0n) is 18.7. The minimum absolute atomic E-state index is 0. The van der Waals surface area contributed by atoms with Crippen LogP contribution in [0.4, 0.5) is 0 Å². The second kappa shape index (κ2) is 12.3. The molecular weight excluding hydrogens is 628 g/mol. The Labute approximate surface area is 222 Å². The van der Waals surface area contributed by atoms with E-state index in [1.165, 1.54) is 142 Å². The third-order valence-corrected chi connectivity index (χ3v) is 9.40. The molecule has 0 aromatic rings. The third kappa shape index (κ3) is 6.42. The standard InChI is InChI=1S/C21H44N4.4BrH/c1-3-22-10-16-24(17-11-22,18-12-22)8-6-5-7-9-25-19-13-23(4-2,14-20-25)15-21-25;;;;/h3-21H2,1-2H3;4*1H/q+4;;;;/p-4. The molecular formula is C21H44Br4N4. The van der Waals surface area contributed by atoms with E-state index < -0.39 is 0 Å². The molecule has 4 nitrogen and oxygen atoms in total. The molecule has 6 saturated heterocycles. The van der Waals surface area contributed by atoms with E-state index in [-0.39, 0.29) is 67.9 Å². The van der Waals surface area contributed by atoms with Gasteiger partial charge in [0.2, 0.25) is 0 Å². The quantitative estimate of drug-likeness (QED) is 0.178. The fraction of sp³-hybridized carbons (Fsp3) is 1.00. The van der Waals surface area contributed by atoms with Crippen LogP contribution in [0.1, 0.15) is 33.1 Å². The summed E-state index contributed by atoms with van der Waals surface area (Å²) < 4.78 is 5.85. The molecule has 0 N–H and O–H groups in total. The summed E-state index contributed by atoms with van der Waals surface area (Å²) in [7, 11) is 0. The highest BCUT2D eigenvalue weighted by Crippen LogP contribution is 2.28. The van der Waals surface area contributed by atoms with Gasteiger partial charge in [0, 0.05) is 0 Å². The molecule has 6 aliphatic rings. The lowest BCUT2D eigenvalue weighted by Crippen LogP contribution is -3.00. The summed E-state index contributed by atoms with van der Waals surface area (Å²) in [5, 5.41) is 0. The number of nitrogens with zero attached hydrogens (tertiary/aromatic N) is 4. The first kappa shape index (κ1) is 30.8. The predicted molar refractivity (Wildman–Crippen MR) is 104 cm³/mol. The van der Waals surface area contributed by atoms with Gasteiger partial charge in [-0.2, -0.15) is 0 Å². The van der Waals surface area contributed by atoms with Gasteiger partial charge in [0.05, 0.1) is 26.2 Å². The number of hydrogen-bond acceptors (Lipinski definition) is 0. The molecule has 0 amide bonds. The minimum Gasteiger partial charge on any atom is -1.00 e. The molecule has 29 heavy (non-hydrogen) atoms. The maximum absolute atomic E-state index is 2.41. The van der Waals surface area contributed by atoms with E-state index in [0.29, 0.717) is 0 Å². The van der Waals surface area contributed by atoms with Crippen molar-refractivity contribution in [3.8, 4) is 0 Å². The molecule has 0 atom stereocenters. The third-order valence-electron chi connectivity index (χ3n) is 9.40. The van der Waals surface area contributed by atoms with Gasteiger partial charge in [0.1, 0.15) is 78.5 Å². The van der Waals surface area contributed by atoms with Crippen LogP contribution in [0.3, 0.4) is 0 Å². The van der Waals surface area contributed by atoms with Gasteiger partial charge in [0.15, 0.2) is 0 Å². The number of fused-ring (bicyclic) bond motifs is 6. The molecule has 4 bridgehead atoms. The Bertz CT molecular complexity index is 400. The lowest BCUT2D eigenvalue weighted by molar-refractivity contribution is -1.08. The van der Waals surface area contributed by atoms with Crippen LogP contribution in [0.15, 0.2) is 0 Å². The maximum atomic E-state index is 2.41. The number of halogens is 4. The number of quaternary nitrogens is 4. The first-order valence-corrected chi connectivity index (χ1v) is 11.5. The van der Waals surface area contributed by atoms with Gasteiger partial charge in [-0.3, -0.25) is 0 Å². The van der Waals surface area contributed by atoms with E-state index in [9.17, 15) is 0 Å². The van der Waals surface area contributed by atoms with Gasteiger partial charge in [0.25, 0.3) is 0 Å². The zero-order valence-corrected chi connectivity index (χ0v) is 25.1. The molecule has 0 aliphatic carbocycles. The number of likely N-dealkylation sites (N-methyl/N-ethyl adjacent to an activating group) is 2. The highest BCUT2D eigenvalue weighted by Gasteiger charge is 2.48. The molecule has 6 aliphatic heterocycles. The van der Waals surface area contributed by atoms with E-state index in [4.69, 9.17) is 0 Å². The summed E-state index contributed by atoms with van der Waals surface area (Å²) in [6.45, 7) is 28.2. The molecule has 8 heteroatoms. The Morgan fingerprint density at radius 3 is 0.862 bits per heavy atom. The number of unbranched alkanes of at least 4 members (excludes halogenated alkanes) is 2. The molecule has 0 aromatic heterocycles. The average molecular weight is 672 g/mol. The molecule has 6 heterocycles. The number of piperazine rings is 6. The van der Waals surface area contributed by atoms with Crippen molar-refractivity contribution < 1.29 is 85.9 Å². The van der Waals surface area contributed by atoms with Gasteiger partial charge >= 0.3 is 0 Å². The molecule has 6 fully saturated rings. The summed E-state index contributed by atoms with van der Waals surface area (Å²) >= 11 is 0. The smallest absolute Gasteiger partial charge is 0.129 e. The van der Waals surface area contributed by atoms with Crippen LogP contribution in [-0.2, 0) is 0 Å². The Morgan fingerprint density at radius 1 is 0.379 bits per heavy atom. The normalized spacial score (nSPS) is 39.5. The number of rotatable bonds is 8. The van der Waals surface area contributed by atoms with E-state index >= 15 is 0 Å². The highest BCUT2D eigenvalue weighted by atomic mass is 79.9. The van der Waals surface area contributed by atoms with Crippen molar-refractivity contribution in [2.45, 2.75) is 33.1 Å². The van der Waals surface area contributed by atoms with Gasteiger partial charge in [-0.1, -0.05) is 0 Å². The summed E-state index contributed by atoms with van der Waals surface area (Å²) in [5.41, 5.74) is 0. The Morgan fingerprint density at radius 2 is 0.621 bits per heavy atom. The molecule has 176 valence electrons. The molecule has 6 rings (SSSR count). The lowest BCUT2D eigenvalue weighted by Gasteiger charge is -2.55. The Hall–Kier alpha value is 1.76. The summed E-state index contributed by atoms with van der Waals surface area (Å²) in [6, 6.07) is 0. The van der Waals surface area contributed by atoms with E-state index in [0.717, 1.165) is 0 Å². The fourth-order valence-electron chi connectivity index (χ4n) is 6.58. The number of hydrogen-bond donors (Lipinski definition) is 0. The molecule has 0 radical (unpaired) electrons. The van der Waals surface area contributed by atoms with Crippen molar-refractivity contribution >= 4 is 0 Å². The van der Waals surface area contributed by atoms with Crippen molar-refractivity contribution in [3.05, 3.63) is 0 Å². The summed E-state index contributed by atoms with van der Waals surface area (Å²) in [6.07, 6.45) is 4.46. The maximum Gasteiger partial charge on any atom is 0.129 e. The van der Waals surface area contributed by atoms with Crippen LogP contribution in [0, 0.1) is 0 Å². The second-order valence-corrected chi connectivity index (χ2v) is 10.2. The van der Waals surface area contributed by atoms with Crippen molar-refractivity contribution in [3.63, 3.8) is 0 Å². The van der Waals surface area contributed by atoms with Crippen LogP contribution in [-0.4, -0.2) is 123 Å². The highest BCUT2D eigenvalue weighted by molar-refractivity contribution is 4.63. The lowest BCUT2D eigenvalue weighted by atomic mass is 10.0. The first-order valence-electron chi connectivity index (χ1n) is 11.5. The van der Waals surface area contributed by atoms with Crippen LogP contribution in [0.2, 0.25) is 0 Å². The van der Waals surface area contributed by atoms with Crippen LogP contribution >= 0.6 is 0 Å². The molecule has 0 aromatic carbocycles. The van der Waals surface area contributed by atoms with Crippen LogP contribution < -0.4 is 67.9 Å². The largest absolute Gasteiger partial charge is 1.00 e. The van der Waals surface area contributed by atoms with E-state index in [2.05, 4.69) is 13.8 Å². The second-order valence-electron chi connectivity index (χ2n) is 10.2. The topological polar surface area (TPSA) is 0 Å². The van der Waals surface area contributed by atoms with Crippen LogP contribution in [0.25, 0.3) is 0 Å². The van der Waals surface area contributed by atoms with E-state index in [1.54, 1.807) is 0 Å². The zero-order chi connectivity index (χ0) is 17.4. The van der Waals surface area contributed by atoms with Gasteiger partial charge in [-0.25, -0.2) is 0 Å². The Balaban J connectivity index is 0.00000196. The molecule has 0 spiro atoms. The van der Waals surface area contributed by atoms with E-state index in [1.807, 2.05) is 0 Å². The fourth-order valence-corrected chi connectivity index (χ4v) is 6.58. The van der Waals surface area contributed by atoms with Crippen molar-refractivity contribution in [1.29, 1.82) is 0 Å². The first-order chi connectivity index (χ1) is 12.1.